The smallest absolute Gasteiger partial charge is 0.0540 e. The fraction of sp³-hybridized carbons (Fsp3) is 0. The van der Waals surface area contributed by atoms with E-state index >= 15 is 0 Å². The van der Waals surface area contributed by atoms with Crippen molar-refractivity contribution in [1.82, 2.24) is 0 Å². The second kappa shape index (κ2) is 12.4. The first-order chi connectivity index (χ1) is 29.2. The Labute approximate surface area is 342 Å². The van der Waals surface area contributed by atoms with E-state index in [1.165, 1.54) is 121 Å². The molecule has 0 aromatic heterocycles. The van der Waals surface area contributed by atoms with Crippen molar-refractivity contribution in [2.24, 2.45) is 0 Å². The summed E-state index contributed by atoms with van der Waals surface area (Å²) in [6, 6.07) is 78.7. The standard InChI is InChI=1S/C58H35N/c1-4-12-36(13-5-1)38-22-24-40-28-49-51-30-42-16-10-20-57(47(42)34-55(51)53(49)32-44(40)26-38)59(46-18-8-3-9-19-46)58-21-11-17-43-31-52-50-29-41-25-23-39(37-14-6-2-7-15-37)27-45(41)33-54(50)56(52)35-48(43)58/h1-35H. The molecular formula is C58H35N. The van der Waals surface area contributed by atoms with Gasteiger partial charge in [0.2, 0.25) is 0 Å². The average Bonchev–Trinajstić information content (AvgIpc) is 3.30. The van der Waals surface area contributed by atoms with Crippen LogP contribution in [0.2, 0.25) is 0 Å². The Balaban J connectivity index is 0.951. The van der Waals surface area contributed by atoms with Crippen molar-refractivity contribution < 1.29 is 0 Å². The molecule has 0 bridgehead atoms. The molecule has 272 valence electrons. The predicted octanol–water partition coefficient (Wildman–Crippen LogP) is 16.4. The SMILES string of the molecule is c1ccc(-c2ccc3cc4c(cc3c2)-c2cc3c(N(c5ccccc5)c5cccc6cc7c(cc56)-c5cc6cc(-c8ccccc8)ccc6cc5-7)cccc3cc2-4)cc1. The molecule has 13 rings (SSSR count). The van der Waals surface area contributed by atoms with Crippen LogP contribution in [0.3, 0.4) is 0 Å². The van der Waals surface area contributed by atoms with E-state index in [-0.39, 0.29) is 0 Å². The van der Waals surface area contributed by atoms with Crippen molar-refractivity contribution in [3.8, 4) is 66.8 Å². The van der Waals surface area contributed by atoms with Gasteiger partial charge in [0.25, 0.3) is 0 Å². The third-order valence-electron chi connectivity index (χ3n) is 12.8. The van der Waals surface area contributed by atoms with Crippen molar-refractivity contribution in [3.05, 3.63) is 212 Å². The van der Waals surface area contributed by atoms with Crippen LogP contribution in [0.1, 0.15) is 0 Å². The molecule has 0 spiro atoms. The van der Waals surface area contributed by atoms with Gasteiger partial charge in [-0.25, -0.2) is 0 Å². The van der Waals surface area contributed by atoms with Gasteiger partial charge in [-0.3, -0.25) is 0 Å². The Bertz CT molecular complexity index is 3310. The molecule has 2 aliphatic carbocycles. The highest BCUT2D eigenvalue weighted by Gasteiger charge is 2.28. The fourth-order valence-electron chi connectivity index (χ4n) is 9.87. The number of benzene rings is 11. The molecule has 59 heavy (non-hydrogen) atoms. The highest BCUT2D eigenvalue weighted by atomic mass is 15.1. The van der Waals surface area contributed by atoms with Crippen molar-refractivity contribution in [2.45, 2.75) is 0 Å². The normalized spacial score (nSPS) is 12.1. The third-order valence-corrected chi connectivity index (χ3v) is 12.8. The minimum atomic E-state index is 1.14. The molecular weight excluding hydrogens is 711 g/mol. The van der Waals surface area contributed by atoms with E-state index in [1.807, 2.05) is 0 Å². The summed E-state index contributed by atoms with van der Waals surface area (Å²) >= 11 is 0. The number of para-hydroxylation sites is 1. The number of nitrogens with zero attached hydrogens (tertiary/aromatic N) is 1. The van der Waals surface area contributed by atoms with Gasteiger partial charge in [-0.2, -0.15) is 0 Å². The Morgan fingerprint density at radius 3 is 1.03 bits per heavy atom. The summed E-state index contributed by atoms with van der Waals surface area (Å²) in [6.07, 6.45) is 0. The summed E-state index contributed by atoms with van der Waals surface area (Å²) in [5.74, 6) is 0. The molecule has 0 fully saturated rings. The van der Waals surface area contributed by atoms with Gasteiger partial charge in [0.15, 0.2) is 0 Å². The number of anilines is 3. The molecule has 0 aliphatic heterocycles. The second-order valence-electron chi connectivity index (χ2n) is 16.1. The second-order valence-corrected chi connectivity index (χ2v) is 16.1. The van der Waals surface area contributed by atoms with E-state index in [0.29, 0.717) is 0 Å². The van der Waals surface area contributed by atoms with Crippen LogP contribution in [0.4, 0.5) is 17.1 Å². The lowest BCUT2D eigenvalue weighted by Crippen LogP contribution is -2.11. The quantitative estimate of drug-likeness (QED) is 0.170. The fourth-order valence-corrected chi connectivity index (χ4v) is 9.87. The van der Waals surface area contributed by atoms with Crippen molar-refractivity contribution >= 4 is 60.2 Å². The largest absolute Gasteiger partial charge is 0.309 e. The highest BCUT2D eigenvalue weighted by molar-refractivity contribution is 6.17. The summed E-state index contributed by atoms with van der Waals surface area (Å²) < 4.78 is 0. The van der Waals surface area contributed by atoms with E-state index in [4.69, 9.17) is 0 Å². The van der Waals surface area contributed by atoms with E-state index in [1.54, 1.807) is 0 Å². The number of rotatable bonds is 5. The van der Waals surface area contributed by atoms with Gasteiger partial charge in [0.1, 0.15) is 0 Å². The lowest BCUT2D eigenvalue weighted by atomic mass is 9.77. The van der Waals surface area contributed by atoms with Gasteiger partial charge >= 0.3 is 0 Å². The maximum Gasteiger partial charge on any atom is 0.0540 e. The van der Waals surface area contributed by atoms with Gasteiger partial charge < -0.3 is 4.90 Å². The van der Waals surface area contributed by atoms with Crippen LogP contribution in [0.5, 0.6) is 0 Å². The maximum absolute atomic E-state index is 2.47. The molecule has 11 aromatic rings. The van der Waals surface area contributed by atoms with Crippen LogP contribution >= 0.6 is 0 Å². The molecule has 2 aliphatic rings. The van der Waals surface area contributed by atoms with E-state index in [9.17, 15) is 0 Å². The van der Waals surface area contributed by atoms with Gasteiger partial charge in [0, 0.05) is 16.5 Å². The summed E-state index contributed by atoms with van der Waals surface area (Å²) in [7, 11) is 0. The first-order valence-corrected chi connectivity index (χ1v) is 20.5. The van der Waals surface area contributed by atoms with E-state index < -0.39 is 0 Å². The molecule has 0 saturated carbocycles. The van der Waals surface area contributed by atoms with E-state index in [2.05, 4.69) is 217 Å². The van der Waals surface area contributed by atoms with E-state index in [0.717, 1.165) is 5.69 Å². The maximum atomic E-state index is 2.47. The van der Waals surface area contributed by atoms with Gasteiger partial charge in [0.05, 0.1) is 11.4 Å². The molecule has 0 N–H and O–H groups in total. The molecule has 1 nitrogen and oxygen atoms in total. The molecule has 0 atom stereocenters. The van der Waals surface area contributed by atoms with Crippen molar-refractivity contribution in [3.63, 3.8) is 0 Å². The van der Waals surface area contributed by atoms with Crippen LogP contribution in [-0.2, 0) is 0 Å². The van der Waals surface area contributed by atoms with Crippen LogP contribution in [0, 0.1) is 0 Å². The zero-order valence-corrected chi connectivity index (χ0v) is 32.2. The molecule has 0 heterocycles. The number of hydrogen-bond acceptors (Lipinski definition) is 1. The number of fused-ring (bicyclic) bond motifs is 12. The zero-order valence-electron chi connectivity index (χ0n) is 32.2. The molecule has 0 amide bonds. The van der Waals surface area contributed by atoms with Gasteiger partial charge in [-0.1, -0.05) is 127 Å². The average molecular weight is 746 g/mol. The Hall–Kier alpha value is -7.74. The van der Waals surface area contributed by atoms with Crippen LogP contribution in [0.15, 0.2) is 212 Å². The Kier molecular flexibility index (Phi) is 6.79. The van der Waals surface area contributed by atoms with Crippen LogP contribution in [-0.4, -0.2) is 0 Å². The molecule has 0 saturated heterocycles. The van der Waals surface area contributed by atoms with Crippen molar-refractivity contribution in [2.75, 3.05) is 4.90 Å². The molecule has 0 radical (unpaired) electrons. The van der Waals surface area contributed by atoms with Crippen LogP contribution in [0.25, 0.3) is 110 Å². The minimum Gasteiger partial charge on any atom is -0.309 e. The van der Waals surface area contributed by atoms with Crippen molar-refractivity contribution in [1.29, 1.82) is 0 Å². The number of hydrogen-bond donors (Lipinski definition) is 0. The molecule has 0 unspecified atom stereocenters. The first kappa shape index (κ1) is 32.4. The summed E-state index contributed by atoms with van der Waals surface area (Å²) in [6.45, 7) is 0. The predicted molar refractivity (Wildman–Crippen MR) is 251 cm³/mol. The van der Waals surface area contributed by atoms with Gasteiger partial charge in [-0.15, -0.1) is 0 Å². The molecule has 1 heteroatoms. The Morgan fingerprint density at radius 1 is 0.220 bits per heavy atom. The monoisotopic (exact) mass is 745 g/mol. The third kappa shape index (κ3) is 4.92. The topological polar surface area (TPSA) is 3.24 Å². The summed E-state index contributed by atoms with van der Waals surface area (Å²) in [5, 5.41) is 10.1. The Morgan fingerprint density at radius 2 is 0.593 bits per heavy atom. The zero-order chi connectivity index (χ0) is 38.6. The highest BCUT2D eigenvalue weighted by Crippen LogP contribution is 2.54. The molecule has 11 aromatic carbocycles. The first-order valence-electron chi connectivity index (χ1n) is 20.5. The summed E-state index contributed by atoms with van der Waals surface area (Å²) in [4.78, 5) is 2.47. The van der Waals surface area contributed by atoms with Crippen LogP contribution < -0.4 is 4.90 Å². The summed E-state index contributed by atoms with van der Waals surface area (Å²) in [5.41, 5.74) is 19.1. The van der Waals surface area contributed by atoms with Gasteiger partial charge in [-0.05, 0) is 184 Å². The minimum absolute atomic E-state index is 1.14. The lowest BCUT2D eigenvalue weighted by molar-refractivity contribution is 1.31. The lowest BCUT2D eigenvalue weighted by Gasteiger charge is -2.31.